The lowest BCUT2D eigenvalue weighted by Crippen LogP contribution is -3.00. The SMILES string of the molecule is N#[N+]c1c(Br)cc(Br)c2cccnc12.[Cl-]. The zero-order valence-electron chi connectivity index (χ0n) is 7.28. The third-order valence-electron chi connectivity index (χ3n) is 1.87. The van der Waals surface area contributed by atoms with E-state index in [1.165, 1.54) is 0 Å². The molecule has 2 rings (SSSR count). The first-order valence-corrected chi connectivity index (χ1v) is 5.40. The Morgan fingerprint density at radius 3 is 2.67 bits per heavy atom. The van der Waals surface area contributed by atoms with E-state index in [1.807, 2.05) is 18.2 Å². The Morgan fingerprint density at radius 2 is 2.00 bits per heavy atom. The molecule has 0 fully saturated rings. The quantitative estimate of drug-likeness (QED) is 0.672. The van der Waals surface area contributed by atoms with Gasteiger partial charge in [0.15, 0.2) is 10.5 Å². The molecule has 1 aromatic heterocycles. The van der Waals surface area contributed by atoms with Crippen molar-refractivity contribution in [2.24, 2.45) is 0 Å². The molecule has 0 aliphatic rings. The number of benzene rings is 1. The van der Waals surface area contributed by atoms with Gasteiger partial charge in [0.25, 0.3) is 0 Å². The lowest BCUT2D eigenvalue weighted by atomic mass is 10.2. The van der Waals surface area contributed by atoms with Crippen LogP contribution in [0.2, 0.25) is 0 Å². The van der Waals surface area contributed by atoms with Gasteiger partial charge in [-0.2, -0.15) is 0 Å². The summed E-state index contributed by atoms with van der Waals surface area (Å²) in [7, 11) is 0. The molecule has 1 heterocycles. The van der Waals surface area contributed by atoms with Gasteiger partial charge >= 0.3 is 5.69 Å². The van der Waals surface area contributed by atoms with Crippen LogP contribution in [0.15, 0.2) is 33.3 Å². The fraction of sp³-hybridized carbons (Fsp3) is 0. The minimum absolute atomic E-state index is 0. The lowest BCUT2D eigenvalue weighted by Gasteiger charge is -1.97. The van der Waals surface area contributed by atoms with Crippen molar-refractivity contribution in [2.45, 2.75) is 0 Å². The van der Waals surface area contributed by atoms with Crippen molar-refractivity contribution in [3.8, 4) is 0 Å². The summed E-state index contributed by atoms with van der Waals surface area (Å²) in [5, 5.41) is 9.77. The fourth-order valence-corrected chi connectivity index (χ4v) is 2.60. The first-order valence-electron chi connectivity index (χ1n) is 3.82. The predicted molar refractivity (Wildman–Crippen MR) is 61.9 cm³/mol. The Hall–Kier alpha value is -0.700. The van der Waals surface area contributed by atoms with Crippen LogP contribution in [0.5, 0.6) is 0 Å². The molecule has 0 atom stereocenters. The van der Waals surface area contributed by atoms with Gasteiger partial charge in [0.1, 0.15) is 4.47 Å². The third kappa shape index (κ3) is 2.12. The lowest BCUT2D eigenvalue weighted by molar-refractivity contribution is -0.00000279. The number of halogens is 3. The minimum Gasteiger partial charge on any atom is -1.00 e. The molecular formula is C9H4Br2ClN3. The Labute approximate surface area is 109 Å². The summed E-state index contributed by atoms with van der Waals surface area (Å²) in [5.74, 6) is 0. The van der Waals surface area contributed by atoms with Gasteiger partial charge in [-0.1, -0.05) is 15.9 Å². The Balaban J connectivity index is 0.00000112. The number of rotatable bonds is 0. The maximum absolute atomic E-state index is 8.85. The summed E-state index contributed by atoms with van der Waals surface area (Å²) in [5.41, 5.74) is 1.11. The van der Waals surface area contributed by atoms with Gasteiger partial charge in [0, 0.05) is 16.1 Å². The molecule has 0 spiro atoms. The van der Waals surface area contributed by atoms with E-state index in [0.717, 1.165) is 9.86 Å². The fourth-order valence-electron chi connectivity index (χ4n) is 1.25. The van der Waals surface area contributed by atoms with Crippen LogP contribution in [0, 0.1) is 5.39 Å². The van der Waals surface area contributed by atoms with E-state index in [0.29, 0.717) is 15.7 Å². The van der Waals surface area contributed by atoms with E-state index >= 15 is 0 Å². The van der Waals surface area contributed by atoms with E-state index in [1.54, 1.807) is 6.20 Å². The van der Waals surface area contributed by atoms with Crippen molar-refractivity contribution in [1.29, 1.82) is 5.39 Å². The Kier molecular flexibility index (Phi) is 4.03. The molecule has 0 unspecified atom stereocenters. The molecule has 15 heavy (non-hydrogen) atoms. The number of pyridine rings is 1. The first-order chi connectivity index (χ1) is 6.74. The molecular weight excluding hydrogens is 345 g/mol. The summed E-state index contributed by atoms with van der Waals surface area (Å²) in [6.07, 6.45) is 1.66. The van der Waals surface area contributed by atoms with Gasteiger partial charge in [-0.25, -0.2) is 4.98 Å². The van der Waals surface area contributed by atoms with Crippen LogP contribution in [0.1, 0.15) is 0 Å². The normalized spacial score (nSPS) is 9.40. The van der Waals surface area contributed by atoms with Crippen LogP contribution < -0.4 is 12.4 Å². The van der Waals surface area contributed by atoms with Crippen molar-refractivity contribution in [3.63, 3.8) is 0 Å². The molecule has 0 saturated carbocycles. The number of hydrogen-bond donors (Lipinski definition) is 0. The summed E-state index contributed by atoms with van der Waals surface area (Å²) in [4.78, 5) is 7.37. The number of fused-ring (bicyclic) bond motifs is 1. The third-order valence-corrected chi connectivity index (χ3v) is 3.13. The van der Waals surface area contributed by atoms with Crippen LogP contribution in [-0.2, 0) is 0 Å². The minimum atomic E-state index is 0. The highest BCUT2D eigenvalue weighted by Gasteiger charge is 2.19. The molecule has 0 bridgehead atoms. The highest BCUT2D eigenvalue weighted by atomic mass is 79.9. The Bertz CT molecular complexity index is 551. The molecule has 0 aliphatic carbocycles. The van der Waals surface area contributed by atoms with Gasteiger partial charge in [-0.05, 0) is 34.1 Å². The van der Waals surface area contributed by atoms with Gasteiger partial charge < -0.3 is 12.4 Å². The average molecular weight is 349 g/mol. The molecule has 6 heteroatoms. The second kappa shape index (κ2) is 4.88. The molecule has 76 valence electrons. The van der Waals surface area contributed by atoms with Crippen molar-refractivity contribution < 1.29 is 12.4 Å². The van der Waals surface area contributed by atoms with Crippen LogP contribution in [-0.4, -0.2) is 4.98 Å². The van der Waals surface area contributed by atoms with E-state index < -0.39 is 0 Å². The van der Waals surface area contributed by atoms with Crippen LogP contribution >= 0.6 is 31.9 Å². The van der Waals surface area contributed by atoms with Crippen molar-refractivity contribution in [3.05, 3.63) is 38.3 Å². The maximum atomic E-state index is 8.85. The second-order valence-electron chi connectivity index (χ2n) is 2.69. The highest BCUT2D eigenvalue weighted by molar-refractivity contribution is 9.11. The van der Waals surface area contributed by atoms with E-state index in [4.69, 9.17) is 5.39 Å². The zero-order valence-corrected chi connectivity index (χ0v) is 11.2. The van der Waals surface area contributed by atoms with Gasteiger partial charge in [-0.15, -0.1) is 0 Å². The highest BCUT2D eigenvalue weighted by Crippen LogP contribution is 2.37. The van der Waals surface area contributed by atoms with Crippen molar-refractivity contribution in [1.82, 2.24) is 4.98 Å². The first kappa shape index (κ1) is 12.4. The summed E-state index contributed by atoms with van der Waals surface area (Å²) >= 11 is 6.72. The molecule has 1 aromatic carbocycles. The summed E-state index contributed by atoms with van der Waals surface area (Å²) in [6.45, 7) is 0. The zero-order chi connectivity index (χ0) is 10.1. The molecule has 0 aliphatic heterocycles. The largest absolute Gasteiger partial charge is 1.00 e. The molecule has 0 radical (unpaired) electrons. The smallest absolute Gasteiger partial charge is 0.424 e. The van der Waals surface area contributed by atoms with Crippen LogP contribution in [0.25, 0.3) is 15.9 Å². The second-order valence-corrected chi connectivity index (χ2v) is 4.40. The molecule has 0 saturated heterocycles. The number of diazo groups is 1. The summed E-state index contributed by atoms with van der Waals surface area (Å²) < 4.78 is 1.62. The summed E-state index contributed by atoms with van der Waals surface area (Å²) in [6, 6.07) is 5.58. The standard InChI is InChI=1S/C9H4Br2N3.ClH/c10-6-4-7(11)9(14-12)8-5(6)2-1-3-13-8;/h1-4H;1H/q+1;/p-1. The predicted octanol–water partition coefficient (Wildman–Crippen LogP) is 1.25. The molecule has 0 N–H and O–H groups in total. The van der Waals surface area contributed by atoms with E-state index in [2.05, 4.69) is 41.8 Å². The van der Waals surface area contributed by atoms with Gasteiger partial charge in [0.05, 0.1) is 0 Å². The van der Waals surface area contributed by atoms with E-state index in [9.17, 15) is 0 Å². The van der Waals surface area contributed by atoms with Gasteiger partial charge in [0.2, 0.25) is 5.39 Å². The number of hydrogen-bond acceptors (Lipinski definition) is 2. The topological polar surface area (TPSA) is 41.0 Å². The van der Waals surface area contributed by atoms with Crippen molar-refractivity contribution in [2.75, 3.05) is 0 Å². The van der Waals surface area contributed by atoms with Gasteiger partial charge in [-0.3, -0.25) is 0 Å². The molecule has 2 aromatic rings. The van der Waals surface area contributed by atoms with Crippen LogP contribution in [0.3, 0.4) is 0 Å². The van der Waals surface area contributed by atoms with Crippen molar-refractivity contribution >= 4 is 48.5 Å². The number of nitrogens with zero attached hydrogens (tertiary/aromatic N) is 3. The van der Waals surface area contributed by atoms with E-state index in [-0.39, 0.29) is 12.4 Å². The molecule has 3 nitrogen and oxygen atoms in total. The maximum Gasteiger partial charge on any atom is 0.424 e. The monoisotopic (exact) mass is 347 g/mol. The van der Waals surface area contributed by atoms with Crippen LogP contribution in [0.4, 0.5) is 5.69 Å². The number of aromatic nitrogens is 1. The molecule has 0 amide bonds. The average Bonchev–Trinajstić information content (AvgIpc) is 2.18. The Morgan fingerprint density at radius 1 is 1.27 bits per heavy atom.